The third kappa shape index (κ3) is 3.09. The van der Waals surface area contributed by atoms with Crippen LogP contribution in [0.15, 0.2) is 29.2 Å². The van der Waals surface area contributed by atoms with Gasteiger partial charge in [0.05, 0.1) is 0 Å². The van der Waals surface area contributed by atoms with Gasteiger partial charge in [-0.05, 0) is 75.0 Å². The van der Waals surface area contributed by atoms with Crippen LogP contribution in [0.1, 0.15) is 51.4 Å². The highest BCUT2D eigenvalue weighted by Gasteiger charge is 2.51. The lowest BCUT2D eigenvalue weighted by Crippen LogP contribution is -2.60. The van der Waals surface area contributed by atoms with Gasteiger partial charge in [0, 0.05) is 17.3 Å². The van der Waals surface area contributed by atoms with Gasteiger partial charge in [-0.15, -0.1) is 0 Å². The largest absolute Gasteiger partial charge is 0.467 e. The van der Waals surface area contributed by atoms with Gasteiger partial charge in [-0.1, -0.05) is 6.58 Å². The molecule has 6 rings (SSSR count). The van der Waals surface area contributed by atoms with Crippen molar-refractivity contribution in [1.29, 1.82) is 0 Å². The topological polar surface area (TPSA) is 62.7 Å². The summed E-state index contributed by atoms with van der Waals surface area (Å²) in [5.74, 6) is 4.16. The normalized spacial score (nSPS) is 38.7. The summed E-state index contributed by atoms with van der Waals surface area (Å²) in [5.41, 5.74) is 1.17. The van der Waals surface area contributed by atoms with Crippen molar-refractivity contribution >= 4 is 11.8 Å². The number of nitrogens with zero attached hydrogens (tertiary/aromatic N) is 1. The fraction of sp³-hybridized carbons (Fsp3) is 0.700. The van der Waals surface area contributed by atoms with Crippen LogP contribution < -0.4 is 10.6 Å². The molecule has 0 saturated heterocycles. The monoisotopic (exact) mass is 341 g/mol. The maximum Gasteiger partial charge on any atom is 0.258 e. The zero-order chi connectivity index (χ0) is 17.0. The van der Waals surface area contributed by atoms with Crippen LogP contribution in [0.3, 0.4) is 0 Å². The van der Waals surface area contributed by atoms with Crippen LogP contribution in [-0.4, -0.2) is 24.0 Å². The second-order valence-electron chi connectivity index (χ2n) is 8.93. The van der Waals surface area contributed by atoms with Gasteiger partial charge in [0.2, 0.25) is 5.90 Å². The van der Waals surface area contributed by atoms with E-state index in [1.165, 1.54) is 51.4 Å². The van der Waals surface area contributed by atoms with Crippen molar-refractivity contribution in [1.82, 2.24) is 10.6 Å². The van der Waals surface area contributed by atoms with Gasteiger partial charge >= 0.3 is 0 Å². The molecule has 25 heavy (non-hydrogen) atoms. The number of nitrogens with one attached hydrogen (secondary N) is 2. The van der Waals surface area contributed by atoms with Crippen LogP contribution >= 0.6 is 0 Å². The van der Waals surface area contributed by atoms with E-state index in [1.807, 2.05) is 6.08 Å². The van der Waals surface area contributed by atoms with Crippen molar-refractivity contribution in [2.24, 2.45) is 28.7 Å². The van der Waals surface area contributed by atoms with Gasteiger partial charge in [-0.25, -0.2) is 0 Å². The molecule has 0 spiro atoms. The number of amides is 1. The summed E-state index contributed by atoms with van der Waals surface area (Å²) in [5, 5.41) is 6.54. The minimum atomic E-state index is -0.00448. The number of aliphatic imine (C=N–C) groups is 1. The highest BCUT2D eigenvalue weighted by Crippen LogP contribution is 2.55. The summed E-state index contributed by atoms with van der Waals surface area (Å²) in [4.78, 5) is 16.8. The summed E-state index contributed by atoms with van der Waals surface area (Å²) in [6.07, 6.45) is 12.0. The maximum absolute atomic E-state index is 12.5. The standard InChI is InChI=1S/C20H27N3O2/c1-12-21-17(16-2-3-16)7-19(22-12)25-11-18(24)23-20-8-13-4-14(9-20)6-15(5-13)10-20/h7,13-16,21H,1-6,8-11H2,(H,23,24). The lowest BCUT2D eigenvalue weighted by atomic mass is 9.53. The zero-order valence-corrected chi connectivity index (χ0v) is 14.7. The van der Waals surface area contributed by atoms with Crippen LogP contribution in [0.25, 0.3) is 0 Å². The molecule has 6 aliphatic rings. The molecular weight excluding hydrogens is 314 g/mol. The number of hydrogen-bond acceptors (Lipinski definition) is 4. The summed E-state index contributed by atoms with van der Waals surface area (Å²) in [6.45, 7) is 3.92. The van der Waals surface area contributed by atoms with Crippen molar-refractivity contribution < 1.29 is 9.53 Å². The molecule has 2 N–H and O–H groups in total. The molecule has 0 radical (unpaired) electrons. The molecular formula is C20H27N3O2. The Morgan fingerprint density at radius 1 is 1.24 bits per heavy atom. The fourth-order valence-electron chi connectivity index (χ4n) is 5.95. The molecule has 5 saturated carbocycles. The first-order valence-corrected chi connectivity index (χ1v) is 9.77. The van der Waals surface area contributed by atoms with E-state index in [4.69, 9.17) is 4.74 Å². The van der Waals surface area contributed by atoms with Crippen LogP contribution in [0.2, 0.25) is 0 Å². The Bertz CT molecular complexity index is 639. The lowest BCUT2D eigenvalue weighted by Gasteiger charge is -2.56. The first kappa shape index (κ1) is 15.5. The molecule has 1 heterocycles. The second-order valence-corrected chi connectivity index (χ2v) is 8.93. The number of carbonyl (C=O) groups is 1. The second kappa shape index (κ2) is 5.61. The van der Waals surface area contributed by atoms with Gasteiger partial charge in [-0.2, -0.15) is 4.99 Å². The van der Waals surface area contributed by atoms with Crippen molar-refractivity contribution in [2.45, 2.75) is 56.9 Å². The molecule has 1 amide bonds. The molecule has 0 aromatic rings. The number of carbonyl (C=O) groups excluding carboxylic acids is 1. The highest BCUT2D eigenvalue weighted by atomic mass is 16.5. The highest BCUT2D eigenvalue weighted by molar-refractivity contribution is 5.92. The molecule has 5 fully saturated rings. The van der Waals surface area contributed by atoms with Crippen molar-refractivity contribution in [3.63, 3.8) is 0 Å². The van der Waals surface area contributed by atoms with Crippen LogP contribution in [0.5, 0.6) is 0 Å². The first-order chi connectivity index (χ1) is 12.1. The Morgan fingerprint density at radius 2 is 1.88 bits per heavy atom. The summed E-state index contributed by atoms with van der Waals surface area (Å²) in [7, 11) is 0. The molecule has 4 bridgehead atoms. The third-order valence-electron chi connectivity index (χ3n) is 6.62. The first-order valence-electron chi connectivity index (χ1n) is 9.77. The molecule has 0 aromatic heterocycles. The predicted octanol–water partition coefficient (Wildman–Crippen LogP) is 2.85. The van der Waals surface area contributed by atoms with Crippen LogP contribution in [0, 0.1) is 23.7 Å². The Hall–Kier alpha value is -1.78. The van der Waals surface area contributed by atoms with Gasteiger partial charge in [-0.3, -0.25) is 4.79 Å². The lowest BCUT2D eigenvalue weighted by molar-refractivity contribution is -0.129. The Labute approximate surface area is 149 Å². The van der Waals surface area contributed by atoms with E-state index in [0.29, 0.717) is 17.6 Å². The Kier molecular flexibility index (Phi) is 3.47. The molecule has 0 atom stereocenters. The molecule has 0 unspecified atom stereocenters. The van der Waals surface area contributed by atoms with Gasteiger partial charge < -0.3 is 15.4 Å². The SMILES string of the molecule is C=C1N=C(OCC(=O)NC23CC4CC(CC(C4)C2)C3)C=C(C2CC2)N1. The van der Waals surface area contributed by atoms with E-state index < -0.39 is 0 Å². The average molecular weight is 341 g/mol. The summed E-state index contributed by atoms with van der Waals surface area (Å²) in [6, 6.07) is 0. The zero-order valence-electron chi connectivity index (χ0n) is 14.7. The predicted molar refractivity (Wildman–Crippen MR) is 95.5 cm³/mol. The molecule has 5 nitrogen and oxygen atoms in total. The van der Waals surface area contributed by atoms with E-state index in [9.17, 15) is 4.79 Å². The molecule has 5 aliphatic carbocycles. The molecule has 1 aliphatic heterocycles. The minimum Gasteiger partial charge on any atom is -0.467 e. The summed E-state index contributed by atoms with van der Waals surface area (Å²) >= 11 is 0. The molecule has 134 valence electrons. The Balaban J connectivity index is 1.19. The third-order valence-corrected chi connectivity index (χ3v) is 6.62. The van der Waals surface area contributed by atoms with Gasteiger partial charge in [0.15, 0.2) is 6.61 Å². The van der Waals surface area contributed by atoms with Gasteiger partial charge in [0.25, 0.3) is 5.91 Å². The van der Waals surface area contributed by atoms with Crippen molar-refractivity contribution in [3.8, 4) is 0 Å². The van der Waals surface area contributed by atoms with E-state index in [2.05, 4.69) is 22.2 Å². The van der Waals surface area contributed by atoms with Crippen LogP contribution in [0.4, 0.5) is 0 Å². The minimum absolute atomic E-state index is 0.00448. The molecule has 0 aromatic carbocycles. The maximum atomic E-state index is 12.5. The fourth-order valence-corrected chi connectivity index (χ4v) is 5.95. The number of hydrogen-bond donors (Lipinski definition) is 2. The smallest absolute Gasteiger partial charge is 0.258 e. The van der Waals surface area contributed by atoms with Crippen LogP contribution in [-0.2, 0) is 9.53 Å². The van der Waals surface area contributed by atoms with E-state index in [1.54, 1.807) is 0 Å². The summed E-state index contributed by atoms with van der Waals surface area (Å²) < 4.78 is 5.70. The van der Waals surface area contributed by atoms with E-state index >= 15 is 0 Å². The molecule has 5 heteroatoms. The Morgan fingerprint density at radius 3 is 2.48 bits per heavy atom. The van der Waals surface area contributed by atoms with E-state index in [-0.39, 0.29) is 18.1 Å². The number of allylic oxidation sites excluding steroid dienone is 1. The van der Waals surface area contributed by atoms with Crippen molar-refractivity contribution in [2.75, 3.05) is 6.61 Å². The van der Waals surface area contributed by atoms with E-state index in [0.717, 1.165) is 23.5 Å². The quantitative estimate of drug-likeness (QED) is 0.826. The van der Waals surface area contributed by atoms with Gasteiger partial charge in [0.1, 0.15) is 5.82 Å². The number of rotatable bonds is 4. The van der Waals surface area contributed by atoms with Crippen molar-refractivity contribution in [3.05, 3.63) is 24.2 Å². The average Bonchev–Trinajstić information content (AvgIpc) is 3.35. The number of ether oxygens (including phenoxy) is 1.